The van der Waals surface area contributed by atoms with Crippen LogP contribution in [-0.4, -0.2) is 38.1 Å². The van der Waals surface area contributed by atoms with Gasteiger partial charge in [-0.1, -0.05) is 31.9 Å². The lowest BCUT2D eigenvalue weighted by Gasteiger charge is -2.08. The quantitative estimate of drug-likeness (QED) is 0.586. The summed E-state index contributed by atoms with van der Waals surface area (Å²) in [7, 11) is 1.23. The van der Waals surface area contributed by atoms with Gasteiger partial charge in [-0.2, -0.15) is 0 Å². The average molecular weight is 307 g/mol. The summed E-state index contributed by atoms with van der Waals surface area (Å²) in [6, 6.07) is 6.14. The SMILES string of the molecule is CCCCCNC(=O)COC(=O)c1ccccc1C(=O)OC. The second-order valence-corrected chi connectivity index (χ2v) is 4.67. The Morgan fingerprint density at radius 3 is 2.27 bits per heavy atom. The number of ether oxygens (including phenoxy) is 2. The lowest BCUT2D eigenvalue weighted by atomic mass is 10.1. The van der Waals surface area contributed by atoms with E-state index in [-0.39, 0.29) is 23.6 Å². The molecule has 0 aliphatic carbocycles. The number of nitrogens with one attached hydrogen (secondary N) is 1. The summed E-state index contributed by atoms with van der Waals surface area (Å²) in [6.07, 6.45) is 2.99. The molecule has 0 aliphatic rings. The Labute approximate surface area is 129 Å². The third-order valence-electron chi connectivity index (χ3n) is 2.99. The maximum absolute atomic E-state index is 12.0. The first kappa shape index (κ1) is 17.7. The lowest BCUT2D eigenvalue weighted by molar-refractivity contribution is -0.124. The van der Waals surface area contributed by atoms with Gasteiger partial charge in [0.25, 0.3) is 5.91 Å². The van der Waals surface area contributed by atoms with Gasteiger partial charge >= 0.3 is 11.9 Å². The molecule has 0 radical (unpaired) electrons. The molecule has 0 aromatic heterocycles. The van der Waals surface area contributed by atoms with Crippen molar-refractivity contribution in [3.8, 4) is 0 Å². The van der Waals surface area contributed by atoms with Gasteiger partial charge in [0, 0.05) is 6.54 Å². The zero-order valence-corrected chi connectivity index (χ0v) is 12.9. The van der Waals surface area contributed by atoms with Crippen molar-refractivity contribution >= 4 is 17.8 Å². The van der Waals surface area contributed by atoms with Gasteiger partial charge in [-0.3, -0.25) is 4.79 Å². The second kappa shape index (κ2) is 9.55. The number of rotatable bonds is 8. The number of esters is 2. The Hall–Kier alpha value is -2.37. The maximum atomic E-state index is 12.0. The van der Waals surface area contributed by atoms with Crippen LogP contribution in [0.15, 0.2) is 24.3 Å². The monoisotopic (exact) mass is 307 g/mol. The molecule has 1 rings (SSSR count). The first-order chi connectivity index (χ1) is 10.6. The Morgan fingerprint density at radius 2 is 1.68 bits per heavy atom. The molecule has 1 amide bonds. The number of carbonyl (C=O) groups excluding carboxylic acids is 3. The number of carbonyl (C=O) groups is 3. The van der Waals surface area contributed by atoms with Crippen molar-refractivity contribution < 1.29 is 23.9 Å². The molecule has 120 valence electrons. The van der Waals surface area contributed by atoms with Crippen molar-refractivity contribution in [1.82, 2.24) is 5.32 Å². The summed E-state index contributed by atoms with van der Waals surface area (Å²) in [5, 5.41) is 2.67. The van der Waals surface area contributed by atoms with Crippen LogP contribution in [0.25, 0.3) is 0 Å². The number of benzene rings is 1. The highest BCUT2D eigenvalue weighted by atomic mass is 16.5. The zero-order chi connectivity index (χ0) is 16.4. The molecule has 6 heteroatoms. The second-order valence-electron chi connectivity index (χ2n) is 4.67. The fourth-order valence-electron chi connectivity index (χ4n) is 1.81. The number of hydrogen-bond donors (Lipinski definition) is 1. The van der Waals surface area contributed by atoms with Gasteiger partial charge in [-0.05, 0) is 18.6 Å². The lowest BCUT2D eigenvalue weighted by Crippen LogP contribution is -2.29. The molecule has 0 fully saturated rings. The highest BCUT2D eigenvalue weighted by Crippen LogP contribution is 2.11. The van der Waals surface area contributed by atoms with Crippen LogP contribution in [-0.2, 0) is 14.3 Å². The minimum Gasteiger partial charge on any atom is -0.465 e. The van der Waals surface area contributed by atoms with E-state index in [4.69, 9.17) is 4.74 Å². The van der Waals surface area contributed by atoms with Gasteiger partial charge in [0.2, 0.25) is 0 Å². The molecular formula is C16H21NO5. The first-order valence-electron chi connectivity index (χ1n) is 7.21. The molecule has 1 N–H and O–H groups in total. The van der Waals surface area contributed by atoms with Crippen LogP contribution >= 0.6 is 0 Å². The van der Waals surface area contributed by atoms with Crippen LogP contribution in [0, 0.1) is 0 Å². The number of amides is 1. The third-order valence-corrected chi connectivity index (χ3v) is 2.99. The standard InChI is InChI=1S/C16H21NO5/c1-3-4-7-10-17-14(18)11-22-16(20)13-9-6-5-8-12(13)15(19)21-2/h5-6,8-9H,3-4,7,10-11H2,1-2H3,(H,17,18). The Balaban J connectivity index is 2.52. The maximum Gasteiger partial charge on any atom is 0.339 e. The zero-order valence-electron chi connectivity index (χ0n) is 12.9. The molecule has 1 aromatic rings. The number of hydrogen-bond acceptors (Lipinski definition) is 5. The van der Waals surface area contributed by atoms with Crippen molar-refractivity contribution in [1.29, 1.82) is 0 Å². The van der Waals surface area contributed by atoms with Gasteiger partial charge in [0.15, 0.2) is 6.61 Å². The summed E-state index contributed by atoms with van der Waals surface area (Å²) in [5.41, 5.74) is 0.187. The Kier molecular flexibility index (Phi) is 7.67. The molecule has 0 saturated carbocycles. The van der Waals surface area contributed by atoms with E-state index in [1.807, 2.05) is 0 Å². The summed E-state index contributed by atoms with van der Waals surface area (Å²) in [5.74, 6) is -1.72. The van der Waals surface area contributed by atoms with Crippen LogP contribution < -0.4 is 5.32 Å². The van der Waals surface area contributed by atoms with E-state index in [0.717, 1.165) is 19.3 Å². The van der Waals surface area contributed by atoms with Crippen LogP contribution in [0.5, 0.6) is 0 Å². The van der Waals surface area contributed by atoms with Crippen LogP contribution in [0.2, 0.25) is 0 Å². The van der Waals surface area contributed by atoms with Gasteiger partial charge < -0.3 is 14.8 Å². The third kappa shape index (κ3) is 5.55. The van der Waals surface area contributed by atoms with Crippen LogP contribution in [0.3, 0.4) is 0 Å². The van der Waals surface area contributed by atoms with Crippen LogP contribution in [0.1, 0.15) is 46.9 Å². The molecule has 0 aliphatic heterocycles. The fourth-order valence-corrected chi connectivity index (χ4v) is 1.81. The minimum atomic E-state index is -0.732. The molecule has 0 saturated heterocycles. The van der Waals surface area contributed by atoms with E-state index in [1.165, 1.54) is 19.2 Å². The van der Waals surface area contributed by atoms with E-state index in [9.17, 15) is 14.4 Å². The predicted molar refractivity (Wildman–Crippen MR) is 80.6 cm³/mol. The average Bonchev–Trinajstić information content (AvgIpc) is 2.55. The van der Waals surface area contributed by atoms with E-state index in [2.05, 4.69) is 17.0 Å². The number of unbranched alkanes of at least 4 members (excludes halogenated alkanes) is 2. The van der Waals surface area contributed by atoms with Crippen molar-refractivity contribution in [3.05, 3.63) is 35.4 Å². The number of methoxy groups -OCH3 is 1. The first-order valence-corrected chi connectivity index (χ1v) is 7.21. The Morgan fingerprint density at radius 1 is 1.05 bits per heavy atom. The predicted octanol–water partition coefficient (Wildman–Crippen LogP) is 1.94. The largest absolute Gasteiger partial charge is 0.465 e. The summed E-state index contributed by atoms with van der Waals surface area (Å²) >= 11 is 0. The molecule has 1 aromatic carbocycles. The normalized spacial score (nSPS) is 9.91. The molecule has 0 heterocycles. The Bertz CT molecular complexity index is 527. The summed E-state index contributed by atoms with van der Waals surface area (Å²) in [4.78, 5) is 35.1. The molecule has 22 heavy (non-hydrogen) atoms. The van der Waals surface area contributed by atoms with Crippen molar-refractivity contribution in [2.24, 2.45) is 0 Å². The summed E-state index contributed by atoms with van der Waals surface area (Å²) < 4.78 is 9.53. The van der Waals surface area contributed by atoms with Gasteiger partial charge in [0.05, 0.1) is 18.2 Å². The van der Waals surface area contributed by atoms with E-state index < -0.39 is 11.9 Å². The van der Waals surface area contributed by atoms with Crippen molar-refractivity contribution in [2.45, 2.75) is 26.2 Å². The van der Waals surface area contributed by atoms with E-state index in [0.29, 0.717) is 6.54 Å². The van der Waals surface area contributed by atoms with Gasteiger partial charge in [-0.25, -0.2) is 9.59 Å². The smallest absolute Gasteiger partial charge is 0.339 e. The highest BCUT2D eigenvalue weighted by molar-refractivity contribution is 6.03. The molecule has 0 spiro atoms. The fraction of sp³-hybridized carbons (Fsp3) is 0.438. The molecule has 0 bridgehead atoms. The molecule has 0 atom stereocenters. The van der Waals surface area contributed by atoms with Crippen molar-refractivity contribution in [2.75, 3.05) is 20.3 Å². The summed E-state index contributed by atoms with van der Waals surface area (Å²) in [6.45, 7) is 2.26. The van der Waals surface area contributed by atoms with Gasteiger partial charge in [-0.15, -0.1) is 0 Å². The topological polar surface area (TPSA) is 81.7 Å². The molecule has 0 unspecified atom stereocenters. The van der Waals surface area contributed by atoms with Gasteiger partial charge in [0.1, 0.15) is 0 Å². The minimum absolute atomic E-state index is 0.0770. The van der Waals surface area contributed by atoms with Crippen molar-refractivity contribution in [3.63, 3.8) is 0 Å². The molecular weight excluding hydrogens is 286 g/mol. The van der Waals surface area contributed by atoms with E-state index in [1.54, 1.807) is 12.1 Å². The van der Waals surface area contributed by atoms with E-state index >= 15 is 0 Å². The highest BCUT2D eigenvalue weighted by Gasteiger charge is 2.18. The molecule has 6 nitrogen and oxygen atoms in total. The van der Waals surface area contributed by atoms with Crippen LogP contribution in [0.4, 0.5) is 0 Å².